The molecular weight excluding hydrogens is 476 g/mol. The van der Waals surface area contributed by atoms with Crippen molar-refractivity contribution in [1.82, 2.24) is 20.0 Å². The summed E-state index contributed by atoms with van der Waals surface area (Å²) >= 11 is 0. The molecule has 1 aliphatic heterocycles. The van der Waals surface area contributed by atoms with E-state index in [0.717, 1.165) is 0 Å². The van der Waals surface area contributed by atoms with Crippen LogP contribution < -0.4 is 15.4 Å². The highest BCUT2D eigenvalue weighted by atomic mass is 32.2. The lowest BCUT2D eigenvalue weighted by atomic mass is 10.1. The molecule has 2 unspecified atom stereocenters. The summed E-state index contributed by atoms with van der Waals surface area (Å²) in [5.41, 5.74) is 0.663. The first-order chi connectivity index (χ1) is 16.8. The van der Waals surface area contributed by atoms with Crippen molar-refractivity contribution in [3.05, 3.63) is 54.9 Å². The van der Waals surface area contributed by atoms with Crippen molar-refractivity contribution < 1.29 is 28.0 Å². The molecule has 4 rings (SSSR count). The predicted molar refractivity (Wildman–Crippen MR) is 127 cm³/mol. The van der Waals surface area contributed by atoms with Gasteiger partial charge < -0.3 is 25.6 Å². The van der Waals surface area contributed by atoms with E-state index in [0.29, 0.717) is 35.4 Å². The number of carbonyl (C=O) groups is 2. The van der Waals surface area contributed by atoms with Crippen LogP contribution in [0.5, 0.6) is 0 Å². The van der Waals surface area contributed by atoms with E-state index in [1.165, 1.54) is 6.07 Å². The van der Waals surface area contributed by atoms with Crippen LogP contribution >= 0.6 is 0 Å². The number of benzene rings is 2. The Bertz CT molecular complexity index is 1340. The molecule has 0 bridgehead atoms. The number of carboxylic acids is 1. The van der Waals surface area contributed by atoms with Gasteiger partial charge in [0.25, 0.3) is 5.91 Å². The third-order valence-corrected chi connectivity index (χ3v) is 6.87. The van der Waals surface area contributed by atoms with Crippen molar-refractivity contribution in [1.29, 1.82) is 0 Å². The zero-order valence-corrected chi connectivity index (χ0v) is 19.3. The van der Waals surface area contributed by atoms with Gasteiger partial charge in [-0.3, -0.25) is 9.59 Å². The van der Waals surface area contributed by atoms with Crippen LogP contribution in [0.25, 0.3) is 10.8 Å². The van der Waals surface area contributed by atoms with E-state index in [1.54, 1.807) is 48.8 Å². The van der Waals surface area contributed by atoms with Gasteiger partial charge in [-0.25, -0.2) is 13.4 Å². The molecule has 2 aromatic carbocycles. The lowest BCUT2D eigenvalue weighted by molar-refractivity contribution is -0.139. The van der Waals surface area contributed by atoms with E-state index in [2.05, 4.69) is 30.5 Å². The zero-order chi connectivity index (χ0) is 24.8. The number of H-pyrrole nitrogens is 1. The molecular formula is C22H24N6O6S. The molecule has 3 aromatic rings. The highest BCUT2D eigenvalue weighted by molar-refractivity contribution is 7.89. The standard InChI is InChI=1S/C22H24N6O6S/c29-20(18-12-15(27-34-18)8-9-23-22-24-10-11-25-22)26-13-17(21(30)31)28-35(32,33)19-7-3-5-14-4-1-2-6-16(14)19/h1-7,10-11,17-18,28H,8-9,12-13H2,(H,26,29)(H,30,31)(H2,23,24,25). The molecule has 12 nitrogen and oxygen atoms in total. The van der Waals surface area contributed by atoms with Gasteiger partial charge in [0.1, 0.15) is 6.04 Å². The molecule has 0 radical (unpaired) electrons. The average molecular weight is 501 g/mol. The van der Waals surface area contributed by atoms with Crippen LogP contribution in [0, 0.1) is 0 Å². The Morgan fingerprint density at radius 3 is 2.77 bits per heavy atom. The number of carbonyl (C=O) groups excluding carboxylic acids is 1. The quantitative estimate of drug-likeness (QED) is 0.260. The predicted octanol–water partition coefficient (Wildman–Crippen LogP) is 1.06. The van der Waals surface area contributed by atoms with Crippen molar-refractivity contribution in [3.8, 4) is 0 Å². The normalized spacial score (nSPS) is 16.3. The first-order valence-corrected chi connectivity index (χ1v) is 12.3. The maximum atomic E-state index is 12.9. The summed E-state index contributed by atoms with van der Waals surface area (Å²) in [5, 5.41) is 20.1. The Labute approximate surface area is 200 Å². The molecule has 0 spiro atoms. The van der Waals surface area contributed by atoms with Crippen LogP contribution in [0.3, 0.4) is 0 Å². The van der Waals surface area contributed by atoms with Crippen molar-refractivity contribution in [2.24, 2.45) is 5.16 Å². The summed E-state index contributed by atoms with van der Waals surface area (Å²) < 4.78 is 28.1. The summed E-state index contributed by atoms with van der Waals surface area (Å²) in [6, 6.07) is 10.0. The number of imidazole rings is 1. The monoisotopic (exact) mass is 500 g/mol. The summed E-state index contributed by atoms with van der Waals surface area (Å²) in [6.45, 7) is 0.0640. The van der Waals surface area contributed by atoms with Crippen molar-refractivity contribution in [2.75, 3.05) is 18.4 Å². The maximum absolute atomic E-state index is 12.9. The second-order valence-electron chi connectivity index (χ2n) is 7.80. The zero-order valence-electron chi connectivity index (χ0n) is 18.5. The van der Waals surface area contributed by atoms with Crippen LogP contribution in [-0.4, -0.2) is 66.3 Å². The molecule has 2 heterocycles. The summed E-state index contributed by atoms with van der Waals surface area (Å²) in [6.07, 6.45) is 3.15. The Morgan fingerprint density at radius 2 is 2.00 bits per heavy atom. The summed E-state index contributed by atoms with van der Waals surface area (Å²) in [7, 11) is -4.19. The van der Waals surface area contributed by atoms with Crippen LogP contribution in [-0.2, 0) is 24.4 Å². The molecule has 1 amide bonds. The summed E-state index contributed by atoms with van der Waals surface area (Å²) in [4.78, 5) is 36.3. The number of nitrogens with zero attached hydrogens (tertiary/aromatic N) is 2. The Balaban J connectivity index is 1.31. The number of nitrogens with one attached hydrogen (secondary N) is 4. The molecule has 0 saturated carbocycles. The van der Waals surface area contributed by atoms with Crippen LogP contribution in [0.15, 0.2) is 64.9 Å². The fourth-order valence-electron chi connectivity index (χ4n) is 3.58. The Hall–Kier alpha value is -3.97. The molecule has 184 valence electrons. The smallest absolute Gasteiger partial charge is 0.323 e. The molecule has 0 saturated heterocycles. The fraction of sp³-hybridized carbons (Fsp3) is 0.273. The van der Waals surface area contributed by atoms with Gasteiger partial charge in [-0.2, -0.15) is 4.72 Å². The Morgan fingerprint density at radius 1 is 1.20 bits per heavy atom. The molecule has 35 heavy (non-hydrogen) atoms. The van der Waals surface area contributed by atoms with Crippen LogP contribution in [0.1, 0.15) is 12.8 Å². The largest absolute Gasteiger partial charge is 0.480 e. The number of fused-ring (bicyclic) bond motifs is 1. The van der Waals surface area contributed by atoms with E-state index < -0.39 is 40.6 Å². The molecule has 5 N–H and O–H groups in total. The minimum Gasteiger partial charge on any atom is -0.480 e. The number of aliphatic carboxylic acids is 1. The van der Waals surface area contributed by atoms with E-state index >= 15 is 0 Å². The Kier molecular flexibility index (Phi) is 7.27. The molecule has 1 aliphatic rings. The first-order valence-electron chi connectivity index (χ1n) is 10.8. The lowest BCUT2D eigenvalue weighted by Crippen LogP contribution is -2.50. The molecule has 13 heteroatoms. The van der Waals surface area contributed by atoms with Crippen molar-refractivity contribution in [2.45, 2.75) is 29.9 Å². The van der Waals surface area contributed by atoms with E-state index in [-0.39, 0.29) is 11.3 Å². The third kappa shape index (κ3) is 5.94. The minimum atomic E-state index is -4.19. The number of carboxylic acid groups (broad SMARTS) is 1. The van der Waals surface area contributed by atoms with E-state index in [4.69, 9.17) is 4.84 Å². The molecule has 1 aromatic heterocycles. The number of aromatic nitrogens is 2. The number of amides is 1. The number of sulfonamides is 1. The second kappa shape index (κ2) is 10.5. The fourth-order valence-corrected chi connectivity index (χ4v) is 5.00. The van der Waals surface area contributed by atoms with Crippen molar-refractivity contribution >= 4 is 44.3 Å². The van der Waals surface area contributed by atoms with Gasteiger partial charge in [-0.1, -0.05) is 41.6 Å². The maximum Gasteiger partial charge on any atom is 0.323 e. The van der Waals surface area contributed by atoms with Crippen LogP contribution in [0.4, 0.5) is 5.95 Å². The number of oxime groups is 1. The minimum absolute atomic E-state index is 0.0477. The number of aromatic amines is 1. The van der Waals surface area contributed by atoms with Gasteiger partial charge in [0.15, 0.2) is 5.95 Å². The molecule has 0 fully saturated rings. The third-order valence-electron chi connectivity index (χ3n) is 5.34. The topological polar surface area (TPSA) is 175 Å². The van der Waals surface area contributed by atoms with Gasteiger partial charge >= 0.3 is 5.97 Å². The van der Waals surface area contributed by atoms with Gasteiger partial charge in [0, 0.05) is 43.7 Å². The number of hydrogen-bond donors (Lipinski definition) is 5. The highest BCUT2D eigenvalue weighted by Crippen LogP contribution is 2.23. The molecule has 0 aliphatic carbocycles. The van der Waals surface area contributed by atoms with E-state index in [9.17, 15) is 23.1 Å². The van der Waals surface area contributed by atoms with Crippen molar-refractivity contribution in [3.63, 3.8) is 0 Å². The highest BCUT2D eigenvalue weighted by Gasteiger charge is 2.31. The molecule has 2 atom stereocenters. The number of anilines is 1. The number of rotatable bonds is 11. The van der Waals surface area contributed by atoms with Gasteiger partial charge in [0.2, 0.25) is 16.1 Å². The summed E-state index contributed by atoms with van der Waals surface area (Å²) in [5.74, 6) is -1.40. The van der Waals surface area contributed by atoms with Gasteiger partial charge in [-0.15, -0.1) is 0 Å². The first kappa shape index (κ1) is 24.2. The number of hydrogen-bond acceptors (Lipinski definition) is 8. The van der Waals surface area contributed by atoms with E-state index in [1.807, 2.05) is 0 Å². The SMILES string of the molecule is O=C(O)C(CNC(=O)C1CC(CCNc2ncc[nH]2)=NO1)NS(=O)(=O)c1cccc2ccccc12. The lowest BCUT2D eigenvalue weighted by Gasteiger charge is -2.17. The second-order valence-corrected chi connectivity index (χ2v) is 9.49. The van der Waals surface area contributed by atoms with Gasteiger partial charge in [0.05, 0.1) is 10.6 Å². The van der Waals surface area contributed by atoms with Crippen LogP contribution in [0.2, 0.25) is 0 Å². The van der Waals surface area contributed by atoms with Gasteiger partial charge in [-0.05, 0) is 11.5 Å². The average Bonchev–Trinajstić information content (AvgIpc) is 3.53.